The summed E-state index contributed by atoms with van der Waals surface area (Å²) in [4.78, 5) is 26.9. The Hall–Kier alpha value is -1.52. The van der Waals surface area contributed by atoms with Crippen LogP contribution in [0.4, 0.5) is 0 Å². The Morgan fingerprint density at radius 3 is 2.40 bits per heavy atom. The minimum atomic E-state index is -0.454. The van der Waals surface area contributed by atoms with Crippen molar-refractivity contribution in [2.75, 3.05) is 0 Å². The summed E-state index contributed by atoms with van der Waals surface area (Å²) in [7, 11) is 0. The van der Waals surface area contributed by atoms with Gasteiger partial charge < -0.3 is 0 Å². The molecule has 1 heterocycles. The lowest BCUT2D eigenvalue weighted by molar-refractivity contribution is 0.576. The molecule has 0 spiro atoms. The largest absolute Gasteiger partial charge is 0.329 e. The number of halogens is 2. The molecule has 4 nitrogen and oxygen atoms in total. The number of hydrogen-bond acceptors (Lipinski definition) is 2. The molecule has 1 saturated carbocycles. The SMILES string of the molecule is O=c1[nH]c(Cl)c(-c2ccc(Cl)cc2)c(=O)n1CC1CC1. The van der Waals surface area contributed by atoms with Gasteiger partial charge in [0.25, 0.3) is 5.56 Å². The summed E-state index contributed by atoms with van der Waals surface area (Å²) < 4.78 is 1.23. The summed E-state index contributed by atoms with van der Waals surface area (Å²) in [5.41, 5.74) is 0.145. The fraction of sp³-hybridized carbons (Fsp3) is 0.286. The van der Waals surface area contributed by atoms with Gasteiger partial charge >= 0.3 is 5.69 Å². The first-order chi connectivity index (χ1) is 9.56. The average Bonchev–Trinajstić information content (AvgIpc) is 3.20. The lowest BCUT2D eigenvalue weighted by atomic mass is 10.1. The van der Waals surface area contributed by atoms with Crippen LogP contribution >= 0.6 is 23.2 Å². The van der Waals surface area contributed by atoms with Crippen LogP contribution < -0.4 is 11.2 Å². The van der Waals surface area contributed by atoms with E-state index in [1.165, 1.54) is 4.57 Å². The van der Waals surface area contributed by atoms with Crippen LogP contribution in [-0.2, 0) is 6.54 Å². The van der Waals surface area contributed by atoms with Crippen LogP contribution in [0.25, 0.3) is 11.1 Å². The number of aromatic amines is 1. The molecule has 0 bridgehead atoms. The first-order valence-electron chi connectivity index (χ1n) is 6.35. The first kappa shape index (κ1) is 13.5. The van der Waals surface area contributed by atoms with Crippen molar-refractivity contribution in [3.63, 3.8) is 0 Å². The molecule has 0 amide bonds. The topological polar surface area (TPSA) is 54.9 Å². The zero-order chi connectivity index (χ0) is 14.3. The van der Waals surface area contributed by atoms with Gasteiger partial charge in [-0.1, -0.05) is 35.3 Å². The second kappa shape index (κ2) is 5.11. The second-order valence-corrected chi connectivity index (χ2v) is 5.80. The van der Waals surface area contributed by atoms with E-state index in [0.29, 0.717) is 28.6 Å². The van der Waals surface area contributed by atoms with Gasteiger partial charge in [-0.05, 0) is 36.5 Å². The summed E-state index contributed by atoms with van der Waals surface area (Å²) in [6.07, 6.45) is 2.12. The van der Waals surface area contributed by atoms with Gasteiger partial charge in [-0.2, -0.15) is 0 Å². The monoisotopic (exact) mass is 310 g/mol. The van der Waals surface area contributed by atoms with Gasteiger partial charge in [-0.3, -0.25) is 14.3 Å². The maximum atomic E-state index is 12.5. The molecule has 2 aromatic rings. The Morgan fingerprint density at radius 1 is 1.15 bits per heavy atom. The molecule has 0 aliphatic heterocycles. The summed E-state index contributed by atoms with van der Waals surface area (Å²) in [6, 6.07) is 6.79. The fourth-order valence-corrected chi connectivity index (χ4v) is 2.53. The Bertz CT molecular complexity index is 758. The Morgan fingerprint density at radius 2 is 1.80 bits per heavy atom. The summed E-state index contributed by atoms with van der Waals surface area (Å²) >= 11 is 11.9. The number of nitrogens with one attached hydrogen (secondary N) is 1. The van der Waals surface area contributed by atoms with Crippen molar-refractivity contribution in [1.29, 1.82) is 0 Å². The highest BCUT2D eigenvalue weighted by Crippen LogP contribution is 2.30. The van der Waals surface area contributed by atoms with Crippen molar-refractivity contribution in [1.82, 2.24) is 9.55 Å². The third kappa shape index (κ3) is 2.53. The molecule has 0 unspecified atom stereocenters. The molecule has 6 heteroatoms. The van der Waals surface area contributed by atoms with E-state index in [0.717, 1.165) is 12.8 Å². The van der Waals surface area contributed by atoms with Crippen LogP contribution in [0.15, 0.2) is 33.9 Å². The summed E-state index contributed by atoms with van der Waals surface area (Å²) in [6.45, 7) is 0.450. The summed E-state index contributed by atoms with van der Waals surface area (Å²) in [5, 5.41) is 0.641. The van der Waals surface area contributed by atoms with Crippen LogP contribution in [0, 0.1) is 5.92 Å². The highest BCUT2D eigenvalue weighted by atomic mass is 35.5. The minimum absolute atomic E-state index is 0.0642. The van der Waals surface area contributed by atoms with Crippen molar-refractivity contribution in [2.24, 2.45) is 5.92 Å². The Kier molecular flexibility index (Phi) is 3.44. The molecule has 1 N–H and O–H groups in total. The zero-order valence-corrected chi connectivity index (χ0v) is 12.0. The van der Waals surface area contributed by atoms with Crippen molar-refractivity contribution in [2.45, 2.75) is 19.4 Å². The van der Waals surface area contributed by atoms with E-state index >= 15 is 0 Å². The number of aromatic nitrogens is 2. The van der Waals surface area contributed by atoms with E-state index in [-0.39, 0.29) is 10.7 Å². The van der Waals surface area contributed by atoms with Gasteiger partial charge in [0.15, 0.2) is 0 Å². The van der Waals surface area contributed by atoms with E-state index in [9.17, 15) is 9.59 Å². The van der Waals surface area contributed by atoms with Gasteiger partial charge in [0, 0.05) is 11.6 Å². The van der Waals surface area contributed by atoms with E-state index < -0.39 is 5.69 Å². The van der Waals surface area contributed by atoms with E-state index in [2.05, 4.69) is 4.98 Å². The molecule has 20 heavy (non-hydrogen) atoms. The maximum Gasteiger partial charge on any atom is 0.329 e. The molecule has 0 atom stereocenters. The van der Waals surface area contributed by atoms with E-state index in [4.69, 9.17) is 23.2 Å². The van der Waals surface area contributed by atoms with Crippen molar-refractivity contribution < 1.29 is 0 Å². The molecule has 104 valence electrons. The van der Waals surface area contributed by atoms with Crippen molar-refractivity contribution >= 4 is 23.2 Å². The molecule has 1 aromatic carbocycles. The van der Waals surface area contributed by atoms with Gasteiger partial charge in [-0.25, -0.2) is 4.79 Å². The van der Waals surface area contributed by atoms with Gasteiger partial charge in [0.1, 0.15) is 5.15 Å². The zero-order valence-electron chi connectivity index (χ0n) is 10.5. The van der Waals surface area contributed by atoms with E-state index in [1.807, 2.05) is 0 Å². The summed E-state index contributed by atoms with van der Waals surface area (Å²) in [5.74, 6) is 0.424. The minimum Gasteiger partial charge on any atom is -0.297 e. The van der Waals surface area contributed by atoms with Gasteiger partial charge in [0.2, 0.25) is 0 Å². The quantitative estimate of drug-likeness (QED) is 0.886. The normalized spacial score (nSPS) is 14.5. The molecule has 1 fully saturated rings. The Labute approximate surface area is 125 Å². The van der Waals surface area contributed by atoms with Gasteiger partial charge in [0.05, 0.1) is 5.56 Å². The standard InChI is InChI=1S/C14H12Cl2N2O2/c15-10-5-3-9(4-6-10)11-12(16)17-14(20)18(13(11)19)7-8-1-2-8/h3-6,8H,1-2,7H2,(H,17,20). The highest BCUT2D eigenvalue weighted by molar-refractivity contribution is 6.32. The van der Waals surface area contributed by atoms with Crippen molar-refractivity contribution in [3.05, 3.63) is 55.3 Å². The molecule has 1 aliphatic rings. The smallest absolute Gasteiger partial charge is 0.297 e. The van der Waals surface area contributed by atoms with Crippen LogP contribution in [0.2, 0.25) is 10.2 Å². The molecule has 0 saturated heterocycles. The van der Waals surface area contributed by atoms with Crippen LogP contribution in [0.1, 0.15) is 12.8 Å². The second-order valence-electron chi connectivity index (χ2n) is 4.99. The van der Waals surface area contributed by atoms with E-state index in [1.54, 1.807) is 24.3 Å². The number of nitrogens with zero attached hydrogens (tertiary/aromatic N) is 1. The molecule has 0 radical (unpaired) electrons. The molecule has 3 rings (SSSR count). The average molecular weight is 311 g/mol. The Balaban J connectivity index is 2.16. The maximum absolute atomic E-state index is 12.5. The molecular formula is C14H12Cl2N2O2. The van der Waals surface area contributed by atoms with Gasteiger partial charge in [-0.15, -0.1) is 0 Å². The first-order valence-corrected chi connectivity index (χ1v) is 7.10. The molecule has 1 aromatic heterocycles. The molecular weight excluding hydrogens is 299 g/mol. The number of H-pyrrole nitrogens is 1. The lowest BCUT2D eigenvalue weighted by Gasteiger charge is -2.08. The predicted molar refractivity (Wildman–Crippen MR) is 79.5 cm³/mol. The third-order valence-electron chi connectivity index (χ3n) is 3.41. The number of benzene rings is 1. The van der Waals surface area contributed by atoms with Crippen LogP contribution in [0.3, 0.4) is 0 Å². The third-order valence-corrected chi connectivity index (χ3v) is 3.95. The van der Waals surface area contributed by atoms with Crippen LogP contribution in [0.5, 0.6) is 0 Å². The predicted octanol–water partition coefficient (Wildman–Crippen LogP) is 2.92. The van der Waals surface area contributed by atoms with Crippen LogP contribution in [-0.4, -0.2) is 9.55 Å². The van der Waals surface area contributed by atoms with Crippen molar-refractivity contribution in [3.8, 4) is 11.1 Å². The molecule has 1 aliphatic carbocycles. The number of hydrogen-bond donors (Lipinski definition) is 1. The fourth-order valence-electron chi connectivity index (χ4n) is 2.14. The number of rotatable bonds is 3. The highest BCUT2D eigenvalue weighted by Gasteiger charge is 2.24. The lowest BCUT2D eigenvalue weighted by Crippen LogP contribution is -2.36.